The number of amides is 1. The van der Waals surface area contributed by atoms with Crippen LogP contribution in [0.5, 0.6) is 5.75 Å². The molecule has 0 fully saturated rings. The summed E-state index contributed by atoms with van der Waals surface area (Å²) in [6.07, 6.45) is 2.51. The smallest absolute Gasteiger partial charge is 0.255 e. The largest absolute Gasteiger partial charge is 0.497 e. The van der Waals surface area contributed by atoms with E-state index in [2.05, 4.69) is 5.32 Å². The average molecular weight is 368 g/mol. The average Bonchev–Trinajstić information content (AvgIpc) is 3.23. The molecule has 0 aliphatic rings. The molecule has 0 spiro atoms. The Morgan fingerprint density at radius 3 is 2.67 bits per heavy atom. The van der Waals surface area contributed by atoms with Crippen molar-refractivity contribution in [2.75, 3.05) is 13.7 Å². The van der Waals surface area contributed by atoms with Crippen LogP contribution < -0.4 is 15.6 Å². The van der Waals surface area contributed by atoms with E-state index in [1.807, 2.05) is 0 Å². The summed E-state index contributed by atoms with van der Waals surface area (Å²) in [5.74, 6) is 0.803. The number of aliphatic hydroxyl groups is 1. The standard InChI is InChI=1S/C20H20N2O5/c1-26-16-7-5-15(6-8-16)22-13-14(4-9-19(22)24)20(25)21-11-10-17(23)18-3-2-12-27-18/h2-9,12-13,17,23H,10-11H2,1H3,(H,21,25). The Morgan fingerprint density at radius 1 is 1.22 bits per heavy atom. The number of aromatic nitrogens is 1. The second-order valence-electron chi connectivity index (χ2n) is 5.90. The van der Waals surface area contributed by atoms with Crippen LogP contribution in [0, 0.1) is 0 Å². The maximum absolute atomic E-state index is 12.4. The summed E-state index contributed by atoms with van der Waals surface area (Å²) < 4.78 is 11.6. The van der Waals surface area contributed by atoms with Crippen LogP contribution in [0.2, 0.25) is 0 Å². The molecule has 1 unspecified atom stereocenters. The van der Waals surface area contributed by atoms with Crippen LogP contribution in [0.1, 0.15) is 28.6 Å². The second kappa shape index (κ2) is 8.37. The fourth-order valence-electron chi connectivity index (χ4n) is 2.61. The van der Waals surface area contributed by atoms with Gasteiger partial charge in [-0.25, -0.2) is 0 Å². The summed E-state index contributed by atoms with van der Waals surface area (Å²) in [5, 5.41) is 12.7. The molecular weight excluding hydrogens is 348 g/mol. The van der Waals surface area contributed by atoms with E-state index in [4.69, 9.17) is 9.15 Å². The molecule has 7 heteroatoms. The molecule has 2 heterocycles. The third kappa shape index (κ3) is 4.45. The predicted molar refractivity (Wildman–Crippen MR) is 99.2 cm³/mol. The van der Waals surface area contributed by atoms with E-state index in [0.29, 0.717) is 29.2 Å². The quantitative estimate of drug-likeness (QED) is 0.667. The van der Waals surface area contributed by atoms with Crippen LogP contribution in [0.3, 0.4) is 0 Å². The topological polar surface area (TPSA) is 93.7 Å². The summed E-state index contributed by atoms with van der Waals surface area (Å²) in [5.41, 5.74) is 0.728. The summed E-state index contributed by atoms with van der Waals surface area (Å²) in [7, 11) is 1.56. The lowest BCUT2D eigenvalue weighted by atomic mass is 10.2. The molecule has 0 saturated heterocycles. The van der Waals surface area contributed by atoms with Gasteiger partial charge in [-0.15, -0.1) is 0 Å². The minimum atomic E-state index is -0.784. The molecule has 1 atom stereocenters. The van der Waals surface area contributed by atoms with Crippen molar-refractivity contribution in [2.24, 2.45) is 0 Å². The van der Waals surface area contributed by atoms with Crippen molar-refractivity contribution in [1.82, 2.24) is 9.88 Å². The predicted octanol–water partition coefficient (Wildman–Crippen LogP) is 2.29. The molecule has 3 aromatic rings. The van der Waals surface area contributed by atoms with E-state index < -0.39 is 6.10 Å². The molecule has 0 bridgehead atoms. The maximum Gasteiger partial charge on any atom is 0.255 e. The Kier molecular flexibility index (Phi) is 5.73. The zero-order valence-electron chi connectivity index (χ0n) is 14.8. The number of nitrogens with zero attached hydrogens (tertiary/aromatic N) is 1. The molecule has 3 rings (SSSR count). The SMILES string of the molecule is COc1ccc(-n2cc(C(=O)NCCC(O)c3ccco3)ccc2=O)cc1. The number of methoxy groups -OCH3 is 1. The fraction of sp³-hybridized carbons (Fsp3) is 0.200. The highest BCUT2D eigenvalue weighted by molar-refractivity contribution is 5.93. The van der Waals surface area contributed by atoms with Crippen molar-refractivity contribution in [3.63, 3.8) is 0 Å². The summed E-state index contributed by atoms with van der Waals surface area (Å²) >= 11 is 0. The molecular formula is C20H20N2O5. The van der Waals surface area contributed by atoms with Gasteiger partial charge in [0, 0.05) is 24.5 Å². The lowest BCUT2D eigenvalue weighted by Crippen LogP contribution is -2.27. The van der Waals surface area contributed by atoms with Gasteiger partial charge in [-0.05, 0) is 48.9 Å². The number of furan rings is 1. The summed E-state index contributed by atoms with van der Waals surface area (Å²) in [6.45, 7) is 0.266. The highest BCUT2D eigenvalue weighted by Gasteiger charge is 2.12. The third-order valence-corrected chi connectivity index (χ3v) is 4.10. The molecule has 140 valence electrons. The molecule has 0 radical (unpaired) electrons. The lowest BCUT2D eigenvalue weighted by Gasteiger charge is -2.11. The van der Waals surface area contributed by atoms with E-state index in [1.165, 1.54) is 29.2 Å². The minimum absolute atomic E-state index is 0.245. The summed E-state index contributed by atoms with van der Waals surface area (Å²) in [6, 6.07) is 13.1. The van der Waals surface area contributed by atoms with Gasteiger partial charge in [-0.2, -0.15) is 0 Å². The molecule has 1 aromatic carbocycles. The Morgan fingerprint density at radius 2 is 2.00 bits per heavy atom. The van der Waals surface area contributed by atoms with Crippen molar-refractivity contribution < 1.29 is 19.1 Å². The first-order valence-corrected chi connectivity index (χ1v) is 8.45. The van der Waals surface area contributed by atoms with E-state index in [9.17, 15) is 14.7 Å². The monoisotopic (exact) mass is 368 g/mol. The van der Waals surface area contributed by atoms with Crippen LogP contribution in [-0.2, 0) is 0 Å². The Bertz CT molecular complexity index is 945. The Balaban J connectivity index is 1.67. The molecule has 0 saturated carbocycles. The van der Waals surface area contributed by atoms with Crippen molar-refractivity contribution in [1.29, 1.82) is 0 Å². The van der Waals surface area contributed by atoms with Gasteiger partial charge in [0.05, 0.1) is 18.9 Å². The first-order valence-electron chi connectivity index (χ1n) is 8.45. The number of nitrogens with one attached hydrogen (secondary N) is 1. The van der Waals surface area contributed by atoms with Gasteiger partial charge in [0.2, 0.25) is 0 Å². The Hall–Kier alpha value is -3.32. The maximum atomic E-state index is 12.4. The molecule has 0 aliphatic heterocycles. The van der Waals surface area contributed by atoms with Crippen molar-refractivity contribution in [3.05, 3.63) is 82.7 Å². The van der Waals surface area contributed by atoms with Crippen LogP contribution in [0.25, 0.3) is 5.69 Å². The minimum Gasteiger partial charge on any atom is -0.497 e. The van der Waals surface area contributed by atoms with Crippen LogP contribution in [-0.4, -0.2) is 29.2 Å². The van der Waals surface area contributed by atoms with Crippen LogP contribution in [0.15, 0.2) is 70.2 Å². The Labute approximate surface area is 155 Å². The number of rotatable bonds is 7. The van der Waals surface area contributed by atoms with E-state index >= 15 is 0 Å². The normalized spacial score (nSPS) is 11.8. The first kappa shape index (κ1) is 18.5. The number of aliphatic hydroxyl groups excluding tert-OH is 1. The zero-order chi connectivity index (χ0) is 19.2. The lowest BCUT2D eigenvalue weighted by molar-refractivity contribution is 0.0935. The molecule has 7 nitrogen and oxygen atoms in total. The molecule has 0 aliphatic carbocycles. The molecule has 2 N–H and O–H groups in total. The van der Waals surface area contributed by atoms with Gasteiger partial charge in [0.25, 0.3) is 11.5 Å². The van der Waals surface area contributed by atoms with E-state index in [-0.39, 0.29) is 18.0 Å². The number of carbonyl (C=O) groups excluding carboxylic acids is 1. The number of hydrogen-bond acceptors (Lipinski definition) is 5. The number of pyridine rings is 1. The van der Waals surface area contributed by atoms with Crippen molar-refractivity contribution in [2.45, 2.75) is 12.5 Å². The molecule has 1 amide bonds. The van der Waals surface area contributed by atoms with Crippen LogP contribution in [0.4, 0.5) is 0 Å². The van der Waals surface area contributed by atoms with Gasteiger partial charge < -0.3 is 19.6 Å². The highest BCUT2D eigenvalue weighted by atomic mass is 16.5. The van der Waals surface area contributed by atoms with E-state index in [1.54, 1.807) is 43.5 Å². The van der Waals surface area contributed by atoms with E-state index in [0.717, 1.165) is 0 Å². The molecule has 2 aromatic heterocycles. The van der Waals surface area contributed by atoms with Crippen molar-refractivity contribution >= 4 is 5.91 Å². The fourth-order valence-corrected chi connectivity index (χ4v) is 2.61. The van der Waals surface area contributed by atoms with Gasteiger partial charge in [0.1, 0.15) is 17.6 Å². The molecule has 27 heavy (non-hydrogen) atoms. The van der Waals surface area contributed by atoms with Crippen molar-refractivity contribution in [3.8, 4) is 11.4 Å². The van der Waals surface area contributed by atoms with Gasteiger partial charge in [-0.1, -0.05) is 0 Å². The first-order chi connectivity index (χ1) is 13.1. The van der Waals surface area contributed by atoms with Gasteiger partial charge in [0.15, 0.2) is 0 Å². The zero-order valence-corrected chi connectivity index (χ0v) is 14.8. The second-order valence-corrected chi connectivity index (χ2v) is 5.90. The highest BCUT2D eigenvalue weighted by Crippen LogP contribution is 2.16. The summed E-state index contributed by atoms with van der Waals surface area (Å²) in [4.78, 5) is 24.5. The number of hydrogen-bond donors (Lipinski definition) is 2. The third-order valence-electron chi connectivity index (χ3n) is 4.10. The van der Waals surface area contributed by atoms with Gasteiger partial charge >= 0.3 is 0 Å². The van der Waals surface area contributed by atoms with Gasteiger partial charge in [-0.3, -0.25) is 14.2 Å². The number of carbonyl (C=O) groups is 1. The number of ether oxygens (including phenoxy) is 1. The van der Waals surface area contributed by atoms with Crippen LogP contribution >= 0.6 is 0 Å². The number of benzene rings is 1.